The lowest BCUT2D eigenvalue weighted by molar-refractivity contribution is -0.384. The third-order valence-corrected chi connectivity index (χ3v) is 2.27. The molecule has 0 radical (unpaired) electrons. The van der Waals surface area contributed by atoms with Crippen molar-refractivity contribution in [2.75, 3.05) is 5.73 Å². The van der Waals surface area contributed by atoms with Gasteiger partial charge in [0.05, 0.1) is 4.92 Å². The predicted octanol–water partition coefficient (Wildman–Crippen LogP) is 1.50. The average Bonchev–Trinajstić information content (AvgIpc) is 2.83. The summed E-state index contributed by atoms with van der Waals surface area (Å²) < 4.78 is 0. The zero-order chi connectivity index (χ0) is 10.3. The Kier molecular flexibility index (Phi) is 1.99. The molecule has 0 spiro atoms. The summed E-state index contributed by atoms with van der Waals surface area (Å²) in [7, 11) is 0. The Morgan fingerprint density at radius 1 is 1.50 bits per heavy atom. The highest BCUT2D eigenvalue weighted by molar-refractivity contribution is 6.31. The SMILES string of the molecule is Nc1nc(C2CC2)nc(Cl)c1[N+](=O)[O-]. The van der Waals surface area contributed by atoms with Crippen molar-refractivity contribution < 1.29 is 4.92 Å². The van der Waals surface area contributed by atoms with Crippen molar-refractivity contribution in [2.24, 2.45) is 0 Å². The van der Waals surface area contributed by atoms with Crippen LogP contribution < -0.4 is 5.73 Å². The molecule has 1 heterocycles. The third kappa shape index (κ3) is 1.48. The fraction of sp³-hybridized carbons (Fsp3) is 0.429. The maximum Gasteiger partial charge on any atom is 0.348 e. The van der Waals surface area contributed by atoms with E-state index in [1.807, 2.05) is 0 Å². The van der Waals surface area contributed by atoms with Gasteiger partial charge in [-0.1, -0.05) is 11.6 Å². The van der Waals surface area contributed by atoms with Crippen LogP contribution in [-0.4, -0.2) is 14.9 Å². The van der Waals surface area contributed by atoms with Gasteiger partial charge in [0.25, 0.3) is 0 Å². The second-order valence-electron chi connectivity index (χ2n) is 3.14. The van der Waals surface area contributed by atoms with E-state index in [0.29, 0.717) is 5.82 Å². The number of hydrogen-bond donors (Lipinski definition) is 1. The summed E-state index contributed by atoms with van der Waals surface area (Å²) in [5, 5.41) is 10.3. The summed E-state index contributed by atoms with van der Waals surface area (Å²) in [5.74, 6) is 0.630. The number of aromatic nitrogens is 2. The quantitative estimate of drug-likeness (QED) is 0.457. The molecule has 0 aromatic carbocycles. The Hall–Kier alpha value is -1.43. The fourth-order valence-corrected chi connectivity index (χ4v) is 1.41. The number of rotatable bonds is 2. The number of halogens is 1. The largest absolute Gasteiger partial charge is 0.378 e. The lowest BCUT2D eigenvalue weighted by atomic mass is 10.4. The molecule has 1 aromatic heterocycles. The number of nitro groups is 1. The molecule has 14 heavy (non-hydrogen) atoms. The highest BCUT2D eigenvalue weighted by atomic mass is 35.5. The highest BCUT2D eigenvalue weighted by Crippen LogP contribution is 2.40. The molecule has 1 aromatic rings. The van der Waals surface area contributed by atoms with E-state index in [0.717, 1.165) is 12.8 Å². The van der Waals surface area contributed by atoms with Gasteiger partial charge in [-0.3, -0.25) is 10.1 Å². The van der Waals surface area contributed by atoms with E-state index < -0.39 is 10.6 Å². The van der Waals surface area contributed by atoms with Gasteiger partial charge in [-0.05, 0) is 12.8 Å². The molecule has 1 fully saturated rings. The number of hydrogen-bond acceptors (Lipinski definition) is 5. The van der Waals surface area contributed by atoms with Gasteiger partial charge in [0.1, 0.15) is 5.82 Å². The van der Waals surface area contributed by atoms with E-state index in [4.69, 9.17) is 17.3 Å². The maximum absolute atomic E-state index is 10.5. The molecular formula is C7H7ClN4O2. The van der Waals surface area contributed by atoms with E-state index in [-0.39, 0.29) is 16.9 Å². The molecule has 0 amide bonds. The molecule has 1 aliphatic carbocycles. The number of nitrogen functional groups attached to an aromatic ring is 1. The van der Waals surface area contributed by atoms with Crippen molar-refractivity contribution in [1.82, 2.24) is 9.97 Å². The van der Waals surface area contributed by atoms with Gasteiger partial charge >= 0.3 is 5.69 Å². The van der Waals surface area contributed by atoms with Crippen LogP contribution in [0.5, 0.6) is 0 Å². The van der Waals surface area contributed by atoms with Crippen LogP contribution in [0, 0.1) is 10.1 Å². The van der Waals surface area contributed by atoms with E-state index in [9.17, 15) is 10.1 Å². The van der Waals surface area contributed by atoms with E-state index >= 15 is 0 Å². The second kappa shape index (κ2) is 3.06. The van der Waals surface area contributed by atoms with Gasteiger partial charge in [0, 0.05) is 5.92 Å². The normalized spacial score (nSPS) is 15.5. The lowest BCUT2D eigenvalue weighted by Gasteiger charge is -2.01. The molecular weight excluding hydrogens is 208 g/mol. The Bertz CT molecular complexity index is 382. The molecule has 6 nitrogen and oxygen atoms in total. The van der Waals surface area contributed by atoms with Gasteiger partial charge in [-0.15, -0.1) is 0 Å². The van der Waals surface area contributed by atoms with Crippen LogP contribution in [0.3, 0.4) is 0 Å². The van der Waals surface area contributed by atoms with Crippen LogP contribution in [0.2, 0.25) is 5.15 Å². The molecule has 0 atom stereocenters. The maximum atomic E-state index is 10.5. The molecule has 0 aliphatic heterocycles. The van der Waals surface area contributed by atoms with Crippen LogP contribution in [-0.2, 0) is 0 Å². The van der Waals surface area contributed by atoms with Crippen molar-refractivity contribution >= 4 is 23.1 Å². The van der Waals surface area contributed by atoms with E-state index in [2.05, 4.69) is 9.97 Å². The minimum absolute atomic E-state index is 0.156. The lowest BCUT2D eigenvalue weighted by Crippen LogP contribution is -2.04. The number of nitrogens with two attached hydrogens (primary N) is 1. The predicted molar refractivity (Wildman–Crippen MR) is 50.1 cm³/mol. The molecule has 74 valence electrons. The Morgan fingerprint density at radius 3 is 2.57 bits per heavy atom. The zero-order valence-corrected chi connectivity index (χ0v) is 7.86. The van der Waals surface area contributed by atoms with Crippen LogP contribution in [0.4, 0.5) is 11.5 Å². The average molecular weight is 215 g/mol. The van der Waals surface area contributed by atoms with Crippen LogP contribution in [0.1, 0.15) is 24.6 Å². The number of nitrogens with zero attached hydrogens (tertiary/aromatic N) is 3. The standard InChI is InChI=1S/C7H7ClN4O2/c8-5-4(12(13)14)6(9)11-7(10-5)3-1-2-3/h3H,1-2H2,(H2,9,10,11). The first-order valence-electron chi connectivity index (χ1n) is 4.07. The van der Waals surface area contributed by atoms with Crippen LogP contribution in [0.25, 0.3) is 0 Å². The first-order valence-corrected chi connectivity index (χ1v) is 4.44. The van der Waals surface area contributed by atoms with Crippen molar-refractivity contribution in [1.29, 1.82) is 0 Å². The van der Waals surface area contributed by atoms with Crippen LogP contribution >= 0.6 is 11.6 Å². The van der Waals surface area contributed by atoms with Gasteiger partial charge in [-0.2, -0.15) is 0 Å². The summed E-state index contributed by atoms with van der Waals surface area (Å²) in [6.45, 7) is 0. The third-order valence-electron chi connectivity index (χ3n) is 2.01. The molecule has 1 aliphatic rings. The highest BCUT2D eigenvalue weighted by Gasteiger charge is 2.30. The molecule has 1 saturated carbocycles. The van der Waals surface area contributed by atoms with Crippen molar-refractivity contribution in [3.63, 3.8) is 0 Å². The van der Waals surface area contributed by atoms with E-state index in [1.165, 1.54) is 0 Å². The molecule has 2 rings (SSSR count). The first kappa shape index (κ1) is 9.14. The molecule has 7 heteroatoms. The first-order chi connectivity index (χ1) is 6.59. The summed E-state index contributed by atoms with van der Waals surface area (Å²) >= 11 is 5.63. The Labute approximate surface area is 84.3 Å². The molecule has 0 bridgehead atoms. The van der Waals surface area contributed by atoms with Crippen molar-refractivity contribution in [3.05, 3.63) is 21.1 Å². The summed E-state index contributed by atoms with van der Waals surface area (Å²) in [5.41, 5.74) is 5.01. The van der Waals surface area contributed by atoms with Gasteiger partial charge in [-0.25, -0.2) is 9.97 Å². The molecule has 0 unspecified atom stereocenters. The minimum atomic E-state index is -0.672. The monoisotopic (exact) mass is 214 g/mol. The van der Waals surface area contributed by atoms with E-state index in [1.54, 1.807) is 0 Å². The van der Waals surface area contributed by atoms with Gasteiger partial charge < -0.3 is 5.73 Å². The molecule has 2 N–H and O–H groups in total. The summed E-state index contributed by atoms with van der Waals surface area (Å²) in [6, 6.07) is 0. The smallest absolute Gasteiger partial charge is 0.348 e. The van der Waals surface area contributed by atoms with Gasteiger partial charge in [0.15, 0.2) is 0 Å². The Morgan fingerprint density at radius 2 is 2.14 bits per heavy atom. The minimum Gasteiger partial charge on any atom is -0.378 e. The second-order valence-corrected chi connectivity index (χ2v) is 3.50. The van der Waals surface area contributed by atoms with Crippen molar-refractivity contribution in [3.8, 4) is 0 Å². The zero-order valence-electron chi connectivity index (χ0n) is 7.11. The van der Waals surface area contributed by atoms with Gasteiger partial charge in [0.2, 0.25) is 11.0 Å². The van der Waals surface area contributed by atoms with Crippen molar-refractivity contribution in [2.45, 2.75) is 18.8 Å². The Balaban J connectivity index is 2.49. The summed E-state index contributed by atoms with van der Waals surface area (Å²) in [4.78, 5) is 17.5. The topological polar surface area (TPSA) is 94.9 Å². The fourth-order valence-electron chi connectivity index (χ4n) is 1.15. The molecule has 0 saturated heterocycles. The van der Waals surface area contributed by atoms with Crippen LogP contribution in [0.15, 0.2) is 0 Å². The summed E-state index contributed by atoms with van der Waals surface area (Å²) in [6.07, 6.45) is 1.99. The number of anilines is 1.